The molecule has 0 spiro atoms. The molecule has 0 heterocycles. The van der Waals surface area contributed by atoms with Crippen LogP contribution in [0.4, 0.5) is 0 Å². The minimum absolute atomic E-state index is 0.182. The van der Waals surface area contributed by atoms with Crippen LogP contribution in [0.15, 0.2) is 24.3 Å². The van der Waals surface area contributed by atoms with E-state index in [1.807, 2.05) is 0 Å². The summed E-state index contributed by atoms with van der Waals surface area (Å²) < 4.78 is 14.5. The summed E-state index contributed by atoms with van der Waals surface area (Å²) in [5, 5.41) is 2.62. The number of rotatable bonds is 6. The summed E-state index contributed by atoms with van der Waals surface area (Å²) >= 11 is 0. The zero-order chi connectivity index (χ0) is 14.3. The Morgan fingerprint density at radius 2 is 1.68 bits per heavy atom. The summed E-state index contributed by atoms with van der Waals surface area (Å²) in [5.41, 5.74) is 0.467. The molecule has 0 radical (unpaired) electrons. The van der Waals surface area contributed by atoms with Crippen LogP contribution in [0.1, 0.15) is 20.7 Å². The molecule has 19 heavy (non-hydrogen) atoms. The summed E-state index contributed by atoms with van der Waals surface area (Å²) in [7, 11) is 4.22. The number of carbonyl (C=O) groups is 2. The lowest BCUT2D eigenvalue weighted by molar-refractivity contribution is -0.0974. The van der Waals surface area contributed by atoms with Gasteiger partial charge in [-0.1, -0.05) is 12.1 Å². The Bertz CT molecular complexity index is 442. The molecule has 6 nitrogen and oxygen atoms in total. The molecule has 0 saturated carbocycles. The van der Waals surface area contributed by atoms with Crippen molar-refractivity contribution in [1.82, 2.24) is 5.32 Å². The third-order valence-electron chi connectivity index (χ3n) is 2.53. The molecule has 0 atom stereocenters. The molecule has 1 amide bonds. The maximum Gasteiger partial charge on any atom is 0.338 e. The lowest BCUT2D eigenvalue weighted by atomic mass is 10.1. The van der Waals surface area contributed by atoms with E-state index in [-0.39, 0.29) is 23.6 Å². The fourth-order valence-electron chi connectivity index (χ4n) is 1.50. The van der Waals surface area contributed by atoms with Gasteiger partial charge >= 0.3 is 5.97 Å². The van der Waals surface area contributed by atoms with Crippen LogP contribution in [-0.4, -0.2) is 46.0 Å². The van der Waals surface area contributed by atoms with Crippen molar-refractivity contribution in [2.24, 2.45) is 0 Å². The molecule has 0 bridgehead atoms. The van der Waals surface area contributed by atoms with Gasteiger partial charge in [-0.05, 0) is 12.1 Å². The Balaban J connectivity index is 2.79. The molecule has 0 saturated heterocycles. The van der Waals surface area contributed by atoms with Crippen LogP contribution in [0.5, 0.6) is 0 Å². The lowest BCUT2D eigenvalue weighted by Crippen LogP contribution is -2.34. The van der Waals surface area contributed by atoms with Crippen molar-refractivity contribution in [2.45, 2.75) is 6.29 Å². The molecule has 0 fully saturated rings. The highest BCUT2D eigenvalue weighted by atomic mass is 16.7. The van der Waals surface area contributed by atoms with Crippen molar-refractivity contribution in [3.05, 3.63) is 35.4 Å². The largest absolute Gasteiger partial charge is 0.465 e. The van der Waals surface area contributed by atoms with Gasteiger partial charge in [0, 0.05) is 14.2 Å². The van der Waals surface area contributed by atoms with E-state index in [0.717, 1.165) is 0 Å². The van der Waals surface area contributed by atoms with Crippen LogP contribution in [-0.2, 0) is 14.2 Å². The second kappa shape index (κ2) is 7.50. The fourth-order valence-corrected chi connectivity index (χ4v) is 1.50. The number of hydrogen-bond acceptors (Lipinski definition) is 5. The summed E-state index contributed by atoms with van der Waals surface area (Å²) in [6.45, 7) is 0.182. The van der Waals surface area contributed by atoms with Crippen molar-refractivity contribution < 1.29 is 23.8 Å². The van der Waals surface area contributed by atoms with Crippen molar-refractivity contribution in [1.29, 1.82) is 0 Å². The standard InChI is InChI=1S/C13H17NO5/c1-17-11(18-2)8-14-12(15)9-6-4-5-7-10(9)13(16)19-3/h4-7,11H,8H2,1-3H3,(H,14,15). The SMILES string of the molecule is COC(=O)c1ccccc1C(=O)NCC(OC)OC. The van der Waals surface area contributed by atoms with Crippen LogP contribution in [0.3, 0.4) is 0 Å². The molecule has 0 aliphatic rings. The number of carbonyl (C=O) groups excluding carboxylic acids is 2. The highest BCUT2D eigenvalue weighted by Crippen LogP contribution is 2.10. The van der Waals surface area contributed by atoms with Gasteiger partial charge in [-0.3, -0.25) is 4.79 Å². The fraction of sp³-hybridized carbons (Fsp3) is 0.385. The molecule has 1 aromatic rings. The van der Waals surface area contributed by atoms with Crippen molar-refractivity contribution in [2.75, 3.05) is 27.9 Å². The predicted octanol–water partition coefficient (Wildman–Crippen LogP) is 0.822. The molecule has 0 aromatic heterocycles. The number of amides is 1. The van der Waals surface area contributed by atoms with Crippen LogP contribution in [0.25, 0.3) is 0 Å². The first-order chi connectivity index (χ1) is 9.13. The quantitative estimate of drug-likeness (QED) is 0.610. The smallest absolute Gasteiger partial charge is 0.338 e. The number of benzene rings is 1. The second-order valence-corrected chi connectivity index (χ2v) is 3.65. The van der Waals surface area contributed by atoms with Crippen LogP contribution in [0, 0.1) is 0 Å². The van der Waals surface area contributed by atoms with Crippen molar-refractivity contribution >= 4 is 11.9 Å². The Labute approximate surface area is 111 Å². The third kappa shape index (κ3) is 4.04. The summed E-state index contributed by atoms with van der Waals surface area (Å²) in [5.74, 6) is -0.944. The number of esters is 1. The Morgan fingerprint density at radius 3 is 2.21 bits per heavy atom. The van der Waals surface area contributed by atoms with E-state index in [2.05, 4.69) is 10.1 Å². The van der Waals surface area contributed by atoms with Crippen molar-refractivity contribution in [3.63, 3.8) is 0 Å². The third-order valence-corrected chi connectivity index (χ3v) is 2.53. The van der Waals surface area contributed by atoms with Crippen LogP contribution >= 0.6 is 0 Å². The van der Waals surface area contributed by atoms with E-state index in [1.54, 1.807) is 18.2 Å². The molecule has 1 rings (SSSR count). The van der Waals surface area contributed by atoms with Gasteiger partial charge in [0.2, 0.25) is 0 Å². The summed E-state index contributed by atoms with van der Waals surface area (Å²) in [6, 6.07) is 6.42. The first kappa shape index (κ1) is 15.1. The van der Waals surface area contributed by atoms with Gasteiger partial charge in [-0.2, -0.15) is 0 Å². The summed E-state index contributed by atoms with van der Waals surface area (Å²) in [4.78, 5) is 23.5. The number of methoxy groups -OCH3 is 3. The molecular weight excluding hydrogens is 250 g/mol. The minimum Gasteiger partial charge on any atom is -0.465 e. The van der Waals surface area contributed by atoms with Gasteiger partial charge in [0.1, 0.15) is 0 Å². The first-order valence-electron chi connectivity index (χ1n) is 5.65. The molecule has 6 heteroatoms. The van der Waals surface area contributed by atoms with Gasteiger partial charge in [0.05, 0.1) is 24.8 Å². The molecule has 0 aliphatic carbocycles. The van der Waals surface area contributed by atoms with E-state index in [9.17, 15) is 9.59 Å². The van der Waals surface area contributed by atoms with E-state index < -0.39 is 12.3 Å². The minimum atomic E-state index is -0.555. The van der Waals surface area contributed by atoms with E-state index in [1.165, 1.54) is 27.4 Å². The van der Waals surface area contributed by atoms with Gasteiger partial charge < -0.3 is 19.5 Å². The van der Waals surface area contributed by atoms with Crippen LogP contribution in [0.2, 0.25) is 0 Å². The maximum absolute atomic E-state index is 12.0. The molecule has 1 aromatic carbocycles. The van der Waals surface area contributed by atoms with Crippen LogP contribution < -0.4 is 5.32 Å². The molecule has 1 N–H and O–H groups in total. The predicted molar refractivity (Wildman–Crippen MR) is 67.9 cm³/mol. The number of nitrogens with one attached hydrogen (secondary N) is 1. The normalized spacial score (nSPS) is 10.3. The van der Waals surface area contributed by atoms with E-state index >= 15 is 0 Å². The average Bonchev–Trinajstić information content (AvgIpc) is 2.47. The van der Waals surface area contributed by atoms with Gasteiger partial charge in [-0.25, -0.2) is 4.79 Å². The Morgan fingerprint density at radius 1 is 1.11 bits per heavy atom. The second-order valence-electron chi connectivity index (χ2n) is 3.65. The molecule has 0 aliphatic heterocycles. The van der Waals surface area contributed by atoms with Crippen molar-refractivity contribution in [3.8, 4) is 0 Å². The Hall–Kier alpha value is -1.92. The molecular formula is C13H17NO5. The zero-order valence-electron chi connectivity index (χ0n) is 11.1. The Kier molecular flexibility index (Phi) is 5.98. The average molecular weight is 267 g/mol. The zero-order valence-corrected chi connectivity index (χ0v) is 11.1. The highest BCUT2D eigenvalue weighted by Gasteiger charge is 2.17. The van der Waals surface area contributed by atoms with Gasteiger partial charge in [-0.15, -0.1) is 0 Å². The molecule has 0 unspecified atom stereocenters. The first-order valence-corrected chi connectivity index (χ1v) is 5.65. The van der Waals surface area contributed by atoms with E-state index in [0.29, 0.717) is 0 Å². The summed E-state index contributed by atoms with van der Waals surface area (Å²) in [6.07, 6.45) is -0.533. The lowest BCUT2D eigenvalue weighted by Gasteiger charge is -2.14. The van der Waals surface area contributed by atoms with Gasteiger partial charge in [0.25, 0.3) is 5.91 Å². The monoisotopic (exact) mass is 267 g/mol. The number of hydrogen-bond donors (Lipinski definition) is 1. The van der Waals surface area contributed by atoms with E-state index in [4.69, 9.17) is 9.47 Å². The van der Waals surface area contributed by atoms with Gasteiger partial charge in [0.15, 0.2) is 6.29 Å². The number of ether oxygens (including phenoxy) is 3. The highest BCUT2D eigenvalue weighted by molar-refractivity contribution is 6.05. The maximum atomic E-state index is 12.0. The molecule has 104 valence electrons. The topological polar surface area (TPSA) is 73.9 Å².